The Morgan fingerprint density at radius 3 is 2.22 bits per heavy atom. The number of nitrogens with zero attached hydrogens (tertiary/aromatic N) is 2. The van der Waals surface area contributed by atoms with E-state index < -0.39 is 11.7 Å². The molecule has 2 rings (SSSR count). The molecular weight excluding hydrogens is 288 g/mol. The molecule has 1 aromatic heterocycles. The van der Waals surface area contributed by atoms with Crippen LogP contribution in [0.2, 0.25) is 0 Å². The van der Waals surface area contributed by atoms with Crippen LogP contribution < -0.4 is 4.90 Å². The number of amides is 1. The van der Waals surface area contributed by atoms with Crippen molar-refractivity contribution in [3.63, 3.8) is 0 Å². The maximum absolute atomic E-state index is 12.8. The van der Waals surface area contributed by atoms with Crippen LogP contribution in [0.5, 0.6) is 0 Å². The summed E-state index contributed by atoms with van der Waals surface area (Å²) in [6.07, 6.45) is 1.28. The fourth-order valence-corrected chi connectivity index (χ4v) is 2.41. The summed E-state index contributed by atoms with van der Waals surface area (Å²) in [6.45, 7) is 11.5. The third kappa shape index (κ3) is 4.09. The predicted octanol–water partition coefficient (Wildman–Crippen LogP) is 5.08. The molecule has 0 atom stereocenters. The highest BCUT2D eigenvalue weighted by Crippen LogP contribution is 2.32. The van der Waals surface area contributed by atoms with Gasteiger partial charge in [-0.15, -0.1) is 0 Å². The molecule has 0 unspecified atom stereocenters. The van der Waals surface area contributed by atoms with Crippen molar-refractivity contribution in [2.75, 3.05) is 4.90 Å². The molecule has 1 heterocycles. The lowest BCUT2D eigenvalue weighted by atomic mass is 10.1. The van der Waals surface area contributed by atoms with Crippen molar-refractivity contribution in [2.24, 2.45) is 0 Å². The molecule has 122 valence electrons. The summed E-state index contributed by atoms with van der Waals surface area (Å²) in [5, 5.41) is 0. The Morgan fingerprint density at radius 2 is 1.70 bits per heavy atom. The van der Waals surface area contributed by atoms with Crippen LogP contribution in [0.15, 0.2) is 36.5 Å². The molecule has 4 nitrogen and oxygen atoms in total. The number of benzene rings is 1. The van der Waals surface area contributed by atoms with Crippen LogP contribution in [0.1, 0.15) is 37.5 Å². The van der Waals surface area contributed by atoms with Gasteiger partial charge in [-0.05, 0) is 70.4 Å². The molecule has 0 fully saturated rings. The highest BCUT2D eigenvalue weighted by Gasteiger charge is 2.27. The van der Waals surface area contributed by atoms with Gasteiger partial charge in [0.05, 0.1) is 5.69 Å². The lowest BCUT2D eigenvalue weighted by Gasteiger charge is -2.29. The highest BCUT2D eigenvalue weighted by molar-refractivity contribution is 5.97. The number of para-hydroxylation sites is 1. The summed E-state index contributed by atoms with van der Waals surface area (Å²) in [5.41, 5.74) is 3.28. The Labute approximate surface area is 138 Å². The molecule has 0 saturated carbocycles. The molecular formula is C19H24N2O2. The SMILES string of the molecule is Cc1ccnc(N(C(=O)OC(C)(C)C)c2c(C)cccc2C)c1. The standard InChI is InChI=1S/C19H24N2O2/c1-13-10-11-20-16(12-13)21(18(22)23-19(4,5)6)17-14(2)8-7-9-15(17)3/h7-12H,1-6H3. The normalized spacial score (nSPS) is 11.2. The summed E-state index contributed by atoms with van der Waals surface area (Å²) in [4.78, 5) is 18.8. The van der Waals surface area contributed by atoms with Gasteiger partial charge in [0.1, 0.15) is 11.4 Å². The van der Waals surface area contributed by atoms with Gasteiger partial charge in [0, 0.05) is 6.20 Å². The molecule has 0 radical (unpaired) electrons. The smallest absolute Gasteiger partial charge is 0.420 e. The number of carbonyl (C=O) groups is 1. The first-order valence-corrected chi connectivity index (χ1v) is 7.71. The number of aromatic nitrogens is 1. The van der Waals surface area contributed by atoms with E-state index in [4.69, 9.17) is 4.74 Å². The Bertz CT molecular complexity index is 697. The molecule has 0 aliphatic heterocycles. The average molecular weight is 312 g/mol. The van der Waals surface area contributed by atoms with Gasteiger partial charge in [-0.3, -0.25) is 0 Å². The van der Waals surface area contributed by atoms with Crippen molar-refractivity contribution < 1.29 is 9.53 Å². The molecule has 23 heavy (non-hydrogen) atoms. The highest BCUT2D eigenvalue weighted by atomic mass is 16.6. The second kappa shape index (κ2) is 6.41. The van der Waals surface area contributed by atoms with E-state index in [1.807, 2.05) is 71.9 Å². The second-order valence-corrected chi connectivity index (χ2v) is 6.75. The van der Waals surface area contributed by atoms with Gasteiger partial charge >= 0.3 is 6.09 Å². The lowest BCUT2D eigenvalue weighted by molar-refractivity contribution is 0.0598. The predicted molar refractivity (Wildman–Crippen MR) is 93.3 cm³/mol. The minimum Gasteiger partial charge on any atom is -0.443 e. The van der Waals surface area contributed by atoms with Crippen LogP contribution in [0.25, 0.3) is 0 Å². The number of aryl methyl sites for hydroxylation is 3. The van der Waals surface area contributed by atoms with Crippen molar-refractivity contribution in [1.82, 2.24) is 4.98 Å². The van der Waals surface area contributed by atoms with Gasteiger partial charge in [-0.25, -0.2) is 14.7 Å². The van der Waals surface area contributed by atoms with Crippen molar-refractivity contribution in [2.45, 2.75) is 47.1 Å². The third-order valence-electron chi connectivity index (χ3n) is 3.37. The van der Waals surface area contributed by atoms with Gasteiger partial charge < -0.3 is 4.74 Å². The first-order chi connectivity index (χ1) is 10.7. The third-order valence-corrected chi connectivity index (χ3v) is 3.37. The first kappa shape index (κ1) is 17.0. The van der Waals surface area contributed by atoms with E-state index in [9.17, 15) is 4.79 Å². The Balaban J connectivity index is 2.58. The van der Waals surface area contributed by atoms with E-state index in [-0.39, 0.29) is 0 Å². The minimum absolute atomic E-state index is 0.423. The molecule has 0 saturated heterocycles. The molecule has 1 aromatic carbocycles. The topological polar surface area (TPSA) is 42.4 Å². The number of hydrogen-bond donors (Lipinski definition) is 0. The van der Waals surface area contributed by atoms with Gasteiger partial charge in [0.25, 0.3) is 0 Å². The van der Waals surface area contributed by atoms with Crippen molar-refractivity contribution >= 4 is 17.6 Å². The van der Waals surface area contributed by atoms with Crippen LogP contribution in [0.3, 0.4) is 0 Å². The van der Waals surface area contributed by atoms with Crippen LogP contribution >= 0.6 is 0 Å². The van der Waals surface area contributed by atoms with Crippen LogP contribution in [-0.4, -0.2) is 16.7 Å². The van der Waals surface area contributed by atoms with E-state index in [0.29, 0.717) is 5.82 Å². The zero-order valence-electron chi connectivity index (χ0n) is 14.7. The largest absolute Gasteiger partial charge is 0.443 e. The second-order valence-electron chi connectivity index (χ2n) is 6.75. The zero-order chi connectivity index (χ0) is 17.2. The summed E-state index contributed by atoms with van der Waals surface area (Å²) in [5.74, 6) is 0.566. The Hall–Kier alpha value is -2.36. The van der Waals surface area contributed by atoms with Gasteiger partial charge in [0.15, 0.2) is 0 Å². The summed E-state index contributed by atoms with van der Waals surface area (Å²) >= 11 is 0. The maximum Gasteiger partial charge on any atom is 0.420 e. The molecule has 0 aliphatic carbocycles. The molecule has 1 amide bonds. The maximum atomic E-state index is 12.8. The van der Waals surface area contributed by atoms with E-state index in [2.05, 4.69) is 4.98 Å². The van der Waals surface area contributed by atoms with E-state index in [0.717, 1.165) is 22.4 Å². The van der Waals surface area contributed by atoms with Gasteiger partial charge in [-0.1, -0.05) is 18.2 Å². The molecule has 0 spiro atoms. The van der Waals surface area contributed by atoms with Gasteiger partial charge in [0.2, 0.25) is 0 Å². The van der Waals surface area contributed by atoms with Crippen LogP contribution in [-0.2, 0) is 4.74 Å². The summed E-state index contributed by atoms with van der Waals surface area (Å²) in [7, 11) is 0. The lowest BCUT2D eigenvalue weighted by Crippen LogP contribution is -2.35. The fraction of sp³-hybridized carbons (Fsp3) is 0.368. The van der Waals surface area contributed by atoms with E-state index in [1.54, 1.807) is 11.1 Å². The number of rotatable bonds is 2. The van der Waals surface area contributed by atoms with Crippen LogP contribution in [0.4, 0.5) is 16.3 Å². The van der Waals surface area contributed by atoms with Gasteiger partial charge in [-0.2, -0.15) is 0 Å². The first-order valence-electron chi connectivity index (χ1n) is 7.71. The van der Waals surface area contributed by atoms with Crippen molar-refractivity contribution in [3.8, 4) is 0 Å². The Morgan fingerprint density at radius 1 is 1.09 bits per heavy atom. The van der Waals surface area contributed by atoms with E-state index in [1.165, 1.54) is 0 Å². The number of pyridine rings is 1. The summed E-state index contributed by atoms with van der Waals surface area (Å²) in [6, 6.07) is 9.73. The molecule has 2 aromatic rings. The van der Waals surface area contributed by atoms with Crippen LogP contribution in [0, 0.1) is 20.8 Å². The van der Waals surface area contributed by atoms with Crippen molar-refractivity contribution in [1.29, 1.82) is 0 Å². The number of hydrogen-bond acceptors (Lipinski definition) is 3. The number of carbonyl (C=O) groups excluding carboxylic acids is 1. The summed E-state index contributed by atoms with van der Waals surface area (Å²) < 4.78 is 5.61. The quantitative estimate of drug-likeness (QED) is 0.776. The molecule has 4 heteroatoms. The van der Waals surface area contributed by atoms with E-state index >= 15 is 0 Å². The minimum atomic E-state index is -0.574. The monoisotopic (exact) mass is 312 g/mol. The molecule has 0 bridgehead atoms. The Kier molecular flexibility index (Phi) is 4.73. The number of ether oxygens (including phenoxy) is 1. The van der Waals surface area contributed by atoms with Crippen molar-refractivity contribution in [3.05, 3.63) is 53.2 Å². The fourth-order valence-electron chi connectivity index (χ4n) is 2.41. The number of anilines is 2. The molecule has 0 aliphatic rings. The zero-order valence-corrected chi connectivity index (χ0v) is 14.7. The average Bonchev–Trinajstić information content (AvgIpc) is 2.40. The molecule has 0 N–H and O–H groups in total.